The fraction of sp³-hybridized carbons (Fsp3) is 0.571. The maximum absolute atomic E-state index is 11.2. The van der Waals surface area contributed by atoms with Crippen molar-refractivity contribution in [1.29, 1.82) is 0 Å². The van der Waals surface area contributed by atoms with Crippen molar-refractivity contribution in [3.05, 3.63) is 33.9 Å². The molecule has 0 amide bonds. The van der Waals surface area contributed by atoms with Gasteiger partial charge in [0.2, 0.25) is 0 Å². The fourth-order valence-corrected chi connectivity index (χ4v) is 3.19. The summed E-state index contributed by atoms with van der Waals surface area (Å²) in [5.41, 5.74) is 2.59. The first-order valence-electron chi connectivity index (χ1n) is 6.60. The molecule has 0 radical (unpaired) electrons. The Balaban J connectivity index is 1.97. The maximum Gasteiger partial charge on any atom is 0.292 e. The van der Waals surface area contributed by atoms with Gasteiger partial charge in [0.15, 0.2) is 0 Å². The molecule has 0 aromatic heterocycles. The third-order valence-corrected chi connectivity index (χ3v) is 4.35. The first-order valence-corrected chi connectivity index (χ1v) is 6.60. The molecular formula is C14H18N2O2. The summed E-state index contributed by atoms with van der Waals surface area (Å²) >= 11 is 0. The zero-order chi connectivity index (χ0) is 12.8. The normalized spacial score (nSPS) is 21.1. The van der Waals surface area contributed by atoms with Gasteiger partial charge in [0.1, 0.15) is 5.69 Å². The van der Waals surface area contributed by atoms with Gasteiger partial charge in [-0.15, -0.1) is 0 Å². The number of para-hydroxylation sites is 1. The minimum atomic E-state index is -0.253. The number of nitrogens with zero attached hydrogens (tertiary/aromatic N) is 2. The molecule has 2 fully saturated rings. The van der Waals surface area contributed by atoms with Crippen LogP contribution >= 0.6 is 0 Å². The van der Waals surface area contributed by atoms with E-state index in [1.54, 1.807) is 12.1 Å². The summed E-state index contributed by atoms with van der Waals surface area (Å²) in [6.07, 6.45) is 5.04. The highest BCUT2D eigenvalue weighted by molar-refractivity contribution is 5.68. The number of anilines is 1. The molecule has 2 aliphatic rings. The molecule has 4 nitrogen and oxygen atoms in total. The molecule has 3 rings (SSSR count). The zero-order valence-corrected chi connectivity index (χ0v) is 10.7. The van der Waals surface area contributed by atoms with Crippen molar-refractivity contribution >= 4 is 11.4 Å². The number of nitro benzene ring substituents is 1. The molecule has 1 aliphatic heterocycles. The third kappa shape index (κ3) is 1.85. The second kappa shape index (κ2) is 3.97. The van der Waals surface area contributed by atoms with Gasteiger partial charge in [0.05, 0.1) is 4.92 Å². The lowest BCUT2D eigenvalue weighted by Gasteiger charge is -2.35. The predicted molar refractivity (Wildman–Crippen MR) is 70.9 cm³/mol. The summed E-state index contributed by atoms with van der Waals surface area (Å²) in [5, 5.41) is 11.2. The van der Waals surface area contributed by atoms with Crippen LogP contribution in [0.5, 0.6) is 0 Å². The molecule has 18 heavy (non-hydrogen) atoms. The average Bonchev–Trinajstić information content (AvgIpc) is 3.08. The minimum absolute atomic E-state index is 0.253. The second-order valence-electron chi connectivity index (χ2n) is 5.72. The molecule has 1 saturated heterocycles. The van der Waals surface area contributed by atoms with E-state index >= 15 is 0 Å². The van der Waals surface area contributed by atoms with Crippen LogP contribution in [-0.4, -0.2) is 18.0 Å². The fourth-order valence-electron chi connectivity index (χ4n) is 3.19. The lowest BCUT2D eigenvalue weighted by molar-refractivity contribution is -0.384. The Hall–Kier alpha value is -1.58. The maximum atomic E-state index is 11.2. The molecule has 0 unspecified atom stereocenters. The lowest BCUT2D eigenvalue weighted by atomic mass is 9.94. The van der Waals surface area contributed by atoms with E-state index in [9.17, 15) is 10.1 Å². The smallest absolute Gasteiger partial charge is 0.292 e. The van der Waals surface area contributed by atoms with Crippen molar-refractivity contribution in [2.75, 3.05) is 18.0 Å². The second-order valence-corrected chi connectivity index (χ2v) is 5.72. The summed E-state index contributed by atoms with van der Waals surface area (Å²) in [5.74, 6) is 0. The number of piperidine rings is 1. The molecule has 1 aromatic rings. The van der Waals surface area contributed by atoms with Crippen molar-refractivity contribution in [1.82, 2.24) is 0 Å². The highest BCUT2D eigenvalue weighted by atomic mass is 16.6. The van der Waals surface area contributed by atoms with Crippen molar-refractivity contribution < 1.29 is 4.92 Å². The van der Waals surface area contributed by atoms with Crippen molar-refractivity contribution in [3.63, 3.8) is 0 Å². The number of aryl methyl sites for hydroxylation is 1. The quantitative estimate of drug-likeness (QED) is 0.594. The molecule has 1 heterocycles. The van der Waals surface area contributed by atoms with E-state index in [1.807, 2.05) is 13.0 Å². The Kier molecular flexibility index (Phi) is 2.54. The van der Waals surface area contributed by atoms with Crippen LogP contribution in [0.1, 0.15) is 31.2 Å². The van der Waals surface area contributed by atoms with Gasteiger partial charge in [0, 0.05) is 19.2 Å². The van der Waals surface area contributed by atoms with Gasteiger partial charge in [-0.1, -0.05) is 12.1 Å². The van der Waals surface area contributed by atoms with Gasteiger partial charge in [0.25, 0.3) is 5.69 Å². The van der Waals surface area contributed by atoms with Gasteiger partial charge >= 0.3 is 0 Å². The Morgan fingerprint density at radius 2 is 2.11 bits per heavy atom. The van der Waals surface area contributed by atoms with E-state index in [1.165, 1.54) is 19.3 Å². The van der Waals surface area contributed by atoms with E-state index < -0.39 is 0 Å². The Labute approximate surface area is 107 Å². The van der Waals surface area contributed by atoms with Crippen LogP contribution < -0.4 is 4.90 Å². The molecule has 0 atom stereocenters. The van der Waals surface area contributed by atoms with Crippen LogP contribution in [0.2, 0.25) is 0 Å². The molecule has 1 spiro atoms. The van der Waals surface area contributed by atoms with Gasteiger partial charge in [-0.3, -0.25) is 10.1 Å². The average molecular weight is 246 g/mol. The summed E-state index contributed by atoms with van der Waals surface area (Å²) < 4.78 is 0. The third-order valence-electron chi connectivity index (χ3n) is 4.35. The summed E-state index contributed by atoms with van der Waals surface area (Å²) in [6, 6.07) is 5.36. The van der Waals surface area contributed by atoms with Crippen LogP contribution in [-0.2, 0) is 0 Å². The lowest BCUT2D eigenvalue weighted by Crippen LogP contribution is -2.37. The zero-order valence-electron chi connectivity index (χ0n) is 10.7. The molecular weight excluding hydrogens is 228 g/mol. The van der Waals surface area contributed by atoms with Crippen LogP contribution in [0.4, 0.5) is 11.4 Å². The molecule has 0 N–H and O–H groups in total. The van der Waals surface area contributed by atoms with Gasteiger partial charge in [-0.2, -0.15) is 0 Å². The Bertz CT molecular complexity index is 495. The van der Waals surface area contributed by atoms with E-state index in [0.717, 1.165) is 30.8 Å². The molecule has 96 valence electrons. The standard InChI is InChI=1S/C14H18N2O2/c1-11-4-2-5-12(16(17)18)13(11)15-9-3-6-14(10-15)7-8-14/h2,4-5H,3,6-10H2,1H3. The number of hydrogen-bond acceptors (Lipinski definition) is 3. The molecule has 1 saturated carbocycles. The number of hydrogen-bond donors (Lipinski definition) is 0. The molecule has 1 aromatic carbocycles. The summed E-state index contributed by atoms with van der Waals surface area (Å²) in [6.45, 7) is 3.92. The van der Waals surface area contributed by atoms with Crippen LogP contribution in [0.3, 0.4) is 0 Å². The van der Waals surface area contributed by atoms with Gasteiger partial charge < -0.3 is 4.90 Å². The first kappa shape index (κ1) is 11.5. The summed E-state index contributed by atoms with van der Waals surface area (Å²) in [4.78, 5) is 13.2. The minimum Gasteiger partial charge on any atom is -0.365 e. The number of rotatable bonds is 2. The predicted octanol–water partition coefficient (Wildman–Crippen LogP) is 3.28. The van der Waals surface area contributed by atoms with Crippen molar-refractivity contribution in [2.45, 2.75) is 32.6 Å². The van der Waals surface area contributed by atoms with E-state index in [-0.39, 0.29) is 10.6 Å². The van der Waals surface area contributed by atoms with Crippen molar-refractivity contribution in [3.8, 4) is 0 Å². The van der Waals surface area contributed by atoms with Crippen LogP contribution in [0.25, 0.3) is 0 Å². The first-order chi connectivity index (χ1) is 8.61. The Morgan fingerprint density at radius 3 is 2.78 bits per heavy atom. The van der Waals surface area contributed by atoms with E-state index in [4.69, 9.17) is 0 Å². The van der Waals surface area contributed by atoms with Crippen LogP contribution in [0.15, 0.2) is 18.2 Å². The highest BCUT2D eigenvalue weighted by Crippen LogP contribution is 2.53. The molecule has 1 aliphatic carbocycles. The number of nitro groups is 1. The van der Waals surface area contributed by atoms with Gasteiger partial charge in [-0.25, -0.2) is 0 Å². The van der Waals surface area contributed by atoms with E-state index in [0.29, 0.717) is 5.41 Å². The van der Waals surface area contributed by atoms with E-state index in [2.05, 4.69) is 4.90 Å². The molecule has 0 bridgehead atoms. The monoisotopic (exact) mass is 246 g/mol. The SMILES string of the molecule is Cc1cccc([N+](=O)[O-])c1N1CCCC2(CC2)C1. The van der Waals surface area contributed by atoms with Crippen LogP contribution in [0, 0.1) is 22.5 Å². The molecule has 4 heteroatoms. The van der Waals surface area contributed by atoms with Gasteiger partial charge in [-0.05, 0) is 43.6 Å². The Morgan fingerprint density at radius 1 is 1.33 bits per heavy atom. The topological polar surface area (TPSA) is 46.4 Å². The largest absolute Gasteiger partial charge is 0.365 e. The number of benzene rings is 1. The van der Waals surface area contributed by atoms with Crippen molar-refractivity contribution in [2.24, 2.45) is 5.41 Å². The summed E-state index contributed by atoms with van der Waals surface area (Å²) in [7, 11) is 0. The highest BCUT2D eigenvalue weighted by Gasteiger charge is 2.46.